The predicted octanol–water partition coefficient (Wildman–Crippen LogP) is -2.54. The van der Waals surface area contributed by atoms with Gasteiger partial charge in [-0.3, -0.25) is 9.59 Å². The van der Waals surface area contributed by atoms with Gasteiger partial charge < -0.3 is 4.74 Å². The first-order chi connectivity index (χ1) is 3.13. The van der Waals surface area contributed by atoms with Crippen LogP contribution in [-0.2, 0) is 14.3 Å². The van der Waals surface area contributed by atoms with Crippen LogP contribution in [-0.4, -0.2) is 61.7 Å². The molecule has 0 aromatic heterocycles. The molecule has 0 rings (SSSR count). The van der Waals surface area contributed by atoms with Gasteiger partial charge in [0, 0.05) is 13.8 Å². The molecule has 0 atom stereocenters. The van der Waals surface area contributed by atoms with E-state index in [0.717, 1.165) is 0 Å². The van der Waals surface area contributed by atoms with Gasteiger partial charge >= 0.3 is 61.7 Å². The third-order valence-corrected chi connectivity index (χ3v) is 0.287. The molecule has 0 bridgehead atoms. The Morgan fingerprint density at radius 3 is 1.33 bits per heavy atom. The summed E-state index contributed by atoms with van der Waals surface area (Å²) in [4.78, 5) is 19.6. The Kier molecular flexibility index (Phi) is 16.1. The van der Waals surface area contributed by atoms with E-state index >= 15 is 0 Å². The van der Waals surface area contributed by atoms with Gasteiger partial charge in [-0.05, 0) is 0 Å². The molecule has 5 heteroatoms. The molecule has 0 N–H and O–H groups in total. The van der Waals surface area contributed by atoms with E-state index in [2.05, 4.69) is 4.74 Å². The summed E-state index contributed by atoms with van der Waals surface area (Å²) >= 11 is 0. The summed E-state index contributed by atoms with van der Waals surface area (Å²) in [5.74, 6) is -1.12. The standard InChI is InChI=1S/C4H6O3.In.Sn.7H/c1-3(5)7-4(2)6;;;;;;;;;/h1-2H3;;;;;;;;;. The van der Waals surface area contributed by atoms with Crippen LogP contribution >= 0.6 is 0 Å². The molecule has 54 valence electrons. The van der Waals surface area contributed by atoms with Crippen molar-refractivity contribution in [3.05, 3.63) is 0 Å². The van der Waals surface area contributed by atoms with Crippen LogP contribution < -0.4 is 0 Å². The topological polar surface area (TPSA) is 43.4 Å². The molecular formula is C4H13InO3Sn. The van der Waals surface area contributed by atoms with Crippen molar-refractivity contribution >= 4 is 61.7 Å². The van der Waals surface area contributed by atoms with Gasteiger partial charge in [0.2, 0.25) is 0 Å². The molecule has 3 nitrogen and oxygen atoms in total. The Morgan fingerprint density at radius 2 is 1.33 bits per heavy atom. The maximum atomic E-state index is 9.81. The number of esters is 2. The van der Waals surface area contributed by atoms with E-state index < -0.39 is 11.9 Å². The fourth-order valence-electron chi connectivity index (χ4n) is 0.202. The van der Waals surface area contributed by atoms with Crippen LogP contribution in [0.2, 0.25) is 0 Å². The first-order valence-electron chi connectivity index (χ1n) is 1.82. The van der Waals surface area contributed by atoms with Crippen molar-refractivity contribution < 1.29 is 14.3 Å². The molecule has 0 aliphatic heterocycles. The van der Waals surface area contributed by atoms with Crippen LogP contribution in [0.4, 0.5) is 0 Å². The molecule has 0 radical (unpaired) electrons. The second kappa shape index (κ2) is 8.81. The number of carbonyl (C=O) groups excluding carboxylic acids is 2. The van der Waals surface area contributed by atoms with Crippen LogP contribution in [0.25, 0.3) is 0 Å². The Balaban J connectivity index is -0.000000180. The quantitative estimate of drug-likeness (QED) is 0.277. The second-order valence-corrected chi connectivity index (χ2v) is 1.09. The molecule has 0 heterocycles. The van der Waals surface area contributed by atoms with Crippen molar-refractivity contribution in [1.82, 2.24) is 0 Å². The van der Waals surface area contributed by atoms with Crippen molar-refractivity contribution in [2.24, 2.45) is 0 Å². The summed E-state index contributed by atoms with van der Waals surface area (Å²) in [6.07, 6.45) is 0. The molecule has 0 aromatic carbocycles. The first kappa shape index (κ1) is 16.4. The number of hydrogen-bond donors (Lipinski definition) is 0. The average Bonchev–Trinajstić information content (AvgIpc) is 1.27. The third-order valence-electron chi connectivity index (χ3n) is 0.287. The van der Waals surface area contributed by atoms with Crippen molar-refractivity contribution in [1.29, 1.82) is 0 Å². The van der Waals surface area contributed by atoms with Crippen molar-refractivity contribution in [3.8, 4) is 0 Å². The van der Waals surface area contributed by atoms with Crippen LogP contribution in [0, 0.1) is 0 Å². The zero-order valence-electron chi connectivity index (χ0n) is 4.22. The summed E-state index contributed by atoms with van der Waals surface area (Å²) in [7, 11) is 0. The van der Waals surface area contributed by atoms with E-state index in [0.29, 0.717) is 0 Å². The summed E-state index contributed by atoms with van der Waals surface area (Å²) < 4.78 is 3.97. The molecule has 9 heavy (non-hydrogen) atoms. The zero-order valence-corrected chi connectivity index (χ0v) is 4.22. The van der Waals surface area contributed by atoms with Crippen LogP contribution in [0.15, 0.2) is 0 Å². The van der Waals surface area contributed by atoms with E-state index in [4.69, 9.17) is 0 Å². The van der Waals surface area contributed by atoms with Crippen molar-refractivity contribution in [2.75, 3.05) is 0 Å². The molecule has 0 aromatic rings. The van der Waals surface area contributed by atoms with Crippen molar-refractivity contribution in [3.63, 3.8) is 0 Å². The Morgan fingerprint density at radius 1 is 1.11 bits per heavy atom. The molecule has 0 saturated carbocycles. The van der Waals surface area contributed by atoms with Gasteiger partial charge in [-0.1, -0.05) is 0 Å². The van der Waals surface area contributed by atoms with E-state index in [1.165, 1.54) is 13.8 Å². The number of carbonyl (C=O) groups is 2. The summed E-state index contributed by atoms with van der Waals surface area (Å²) in [6.45, 7) is 2.36. The van der Waals surface area contributed by atoms with Gasteiger partial charge in [-0.25, -0.2) is 0 Å². The summed E-state index contributed by atoms with van der Waals surface area (Å²) in [5, 5.41) is 0. The normalized spacial score (nSPS) is 6.00. The molecule has 0 aliphatic rings. The van der Waals surface area contributed by atoms with Gasteiger partial charge in [0.1, 0.15) is 0 Å². The maximum absolute atomic E-state index is 9.81. The van der Waals surface area contributed by atoms with E-state index in [9.17, 15) is 9.59 Å². The van der Waals surface area contributed by atoms with E-state index in [-0.39, 0.29) is 49.8 Å². The number of rotatable bonds is 0. The van der Waals surface area contributed by atoms with E-state index in [1.807, 2.05) is 0 Å². The number of ether oxygens (including phenoxy) is 1. The van der Waals surface area contributed by atoms with Crippen LogP contribution in [0.5, 0.6) is 0 Å². The molecule has 0 saturated heterocycles. The van der Waals surface area contributed by atoms with Gasteiger partial charge in [0.05, 0.1) is 0 Å². The predicted molar refractivity (Wildman–Crippen MR) is 43.7 cm³/mol. The van der Waals surface area contributed by atoms with Crippen LogP contribution in [0.1, 0.15) is 13.8 Å². The first-order valence-corrected chi connectivity index (χ1v) is 1.82. The Labute approximate surface area is 89.3 Å². The molecule has 0 unspecified atom stereocenters. The average molecular weight is 343 g/mol. The minimum absolute atomic E-state index is 0. The monoisotopic (exact) mass is 344 g/mol. The third kappa shape index (κ3) is 17.7. The summed E-state index contributed by atoms with van der Waals surface area (Å²) in [5.41, 5.74) is 0. The second-order valence-electron chi connectivity index (χ2n) is 1.09. The summed E-state index contributed by atoms with van der Waals surface area (Å²) in [6, 6.07) is 0. The molecule has 0 spiro atoms. The van der Waals surface area contributed by atoms with Gasteiger partial charge in [0.25, 0.3) is 0 Å². The molecule has 0 fully saturated rings. The van der Waals surface area contributed by atoms with Crippen LogP contribution in [0.3, 0.4) is 0 Å². The van der Waals surface area contributed by atoms with Crippen molar-refractivity contribution in [2.45, 2.75) is 13.8 Å². The fourth-order valence-corrected chi connectivity index (χ4v) is 0.202. The molecule has 0 amide bonds. The molecular weight excluding hydrogens is 330 g/mol. The Bertz CT molecular complexity index is 92.0. The fraction of sp³-hybridized carbons (Fsp3) is 0.500. The van der Waals surface area contributed by atoms with Gasteiger partial charge in [-0.15, -0.1) is 0 Å². The zero-order chi connectivity index (χ0) is 5.86. The van der Waals surface area contributed by atoms with Gasteiger partial charge in [0.15, 0.2) is 0 Å². The van der Waals surface area contributed by atoms with Gasteiger partial charge in [-0.2, -0.15) is 0 Å². The minimum atomic E-state index is -0.562. The molecule has 0 aliphatic carbocycles. The SMILES string of the molecule is CC(=O)OC(C)=O.[InH3].[SnH4]. The Hall–Kier alpha value is 0.809. The number of hydrogen-bond acceptors (Lipinski definition) is 3. The van der Waals surface area contributed by atoms with E-state index in [1.54, 1.807) is 0 Å².